The van der Waals surface area contributed by atoms with Crippen molar-refractivity contribution in [2.24, 2.45) is 17.6 Å². The van der Waals surface area contributed by atoms with Gasteiger partial charge in [0.25, 0.3) is 0 Å². The zero-order valence-corrected chi connectivity index (χ0v) is 12.5. The Morgan fingerprint density at radius 3 is 2.28 bits per heavy atom. The molecule has 1 amide bonds. The molecule has 0 aliphatic rings. The summed E-state index contributed by atoms with van der Waals surface area (Å²) >= 11 is 0. The van der Waals surface area contributed by atoms with Crippen LogP contribution in [-0.4, -0.2) is 51.6 Å². The van der Waals surface area contributed by atoms with E-state index in [0.29, 0.717) is 12.3 Å². The molecule has 0 saturated carbocycles. The highest BCUT2D eigenvalue weighted by Gasteiger charge is 2.19. The van der Waals surface area contributed by atoms with E-state index in [0.717, 1.165) is 4.31 Å². The Hall–Kier alpha value is -0.660. The standard InChI is InChI=1S/C11H25N3O3S/c1-9(2)7-10(8-12)11(15)13-5-6-18(16,17)14(3)4/h9-10H,5-8,12H2,1-4H3,(H,13,15). The molecule has 0 heterocycles. The molecule has 18 heavy (non-hydrogen) atoms. The molecular formula is C11H25N3O3S. The summed E-state index contributed by atoms with van der Waals surface area (Å²) in [4.78, 5) is 11.8. The van der Waals surface area contributed by atoms with Gasteiger partial charge in [-0.2, -0.15) is 0 Å². The fourth-order valence-corrected chi connectivity index (χ4v) is 2.23. The number of carbonyl (C=O) groups is 1. The number of rotatable bonds is 8. The molecule has 0 bridgehead atoms. The first-order chi connectivity index (χ1) is 8.20. The van der Waals surface area contributed by atoms with Gasteiger partial charge in [-0.15, -0.1) is 0 Å². The molecule has 0 aromatic carbocycles. The monoisotopic (exact) mass is 279 g/mol. The maximum Gasteiger partial charge on any atom is 0.224 e. The second-order valence-corrected chi connectivity index (χ2v) is 7.25. The predicted octanol–water partition coefficient (Wildman–Crippen LogP) is -0.385. The highest BCUT2D eigenvalue weighted by Crippen LogP contribution is 2.10. The second-order valence-electron chi connectivity index (χ2n) is 4.95. The van der Waals surface area contributed by atoms with Gasteiger partial charge in [-0.1, -0.05) is 13.8 Å². The van der Waals surface area contributed by atoms with Gasteiger partial charge < -0.3 is 11.1 Å². The van der Waals surface area contributed by atoms with Gasteiger partial charge in [-0.25, -0.2) is 12.7 Å². The van der Waals surface area contributed by atoms with Crippen LogP contribution < -0.4 is 11.1 Å². The first-order valence-corrected chi connectivity index (χ1v) is 7.69. The van der Waals surface area contributed by atoms with Crippen LogP contribution in [0.4, 0.5) is 0 Å². The van der Waals surface area contributed by atoms with E-state index in [9.17, 15) is 13.2 Å². The van der Waals surface area contributed by atoms with Crippen molar-refractivity contribution in [3.63, 3.8) is 0 Å². The van der Waals surface area contributed by atoms with E-state index in [2.05, 4.69) is 5.32 Å². The Morgan fingerprint density at radius 2 is 1.89 bits per heavy atom. The van der Waals surface area contributed by atoms with Crippen LogP contribution in [-0.2, 0) is 14.8 Å². The zero-order valence-electron chi connectivity index (χ0n) is 11.6. The Bertz CT molecular complexity index is 353. The number of hydrogen-bond donors (Lipinski definition) is 2. The van der Waals surface area contributed by atoms with Gasteiger partial charge in [0.2, 0.25) is 15.9 Å². The SMILES string of the molecule is CC(C)CC(CN)C(=O)NCCS(=O)(=O)N(C)C. The van der Waals surface area contributed by atoms with Gasteiger partial charge in [0, 0.05) is 27.2 Å². The summed E-state index contributed by atoms with van der Waals surface area (Å²) in [5.41, 5.74) is 5.54. The third kappa shape index (κ3) is 6.32. The topological polar surface area (TPSA) is 92.5 Å². The highest BCUT2D eigenvalue weighted by atomic mass is 32.2. The molecule has 0 fully saturated rings. The molecule has 6 nitrogen and oxygen atoms in total. The summed E-state index contributed by atoms with van der Waals surface area (Å²) in [6, 6.07) is 0. The average Bonchev–Trinajstić information content (AvgIpc) is 2.24. The lowest BCUT2D eigenvalue weighted by Gasteiger charge is -2.17. The number of amides is 1. The Morgan fingerprint density at radius 1 is 1.33 bits per heavy atom. The highest BCUT2D eigenvalue weighted by molar-refractivity contribution is 7.89. The van der Waals surface area contributed by atoms with Crippen molar-refractivity contribution in [3.8, 4) is 0 Å². The molecule has 0 aliphatic heterocycles. The smallest absolute Gasteiger partial charge is 0.224 e. The van der Waals surface area contributed by atoms with Gasteiger partial charge in [-0.3, -0.25) is 4.79 Å². The molecule has 0 spiro atoms. The maximum atomic E-state index is 11.8. The Kier molecular flexibility index (Phi) is 7.42. The van der Waals surface area contributed by atoms with E-state index in [-0.39, 0.29) is 30.7 Å². The van der Waals surface area contributed by atoms with Crippen molar-refractivity contribution in [1.29, 1.82) is 0 Å². The van der Waals surface area contributed by atoms with Gasteiger partial charge in [-0.05, 0) is 12.3 Å². The number of nitrogens with zero attached hydrogens (tertiary/aromatic N) is 1. The number of sulfonamides is 1. The van der Waals surface area contributed by atoms with E-state index < -0.39 is 10.0 Å². The molecule has 108 valence electrons. The van der Waals surface area contributed by atoms with Gasteiger partial charge in [0.15, 0.2) is 0 Å². The Balaban J connectivity index is 4.18. The number of carbonyl (C=O) groups excluding carboxylic acids is 1. The fraction of sp³-hybridized carbons (Fsp3) is 0.909. The van der Waals surface area contributed by atoms with Crippen LogP contribution in [0.25, 0.3) is 0 Å². The molecular weight excluding hydrogens is 254 g/mol. The summed E-state index contributed by atoms with van der Waals surface area (Å²) < 4.78 is 24.1. The van der Waals surface area contributed by atoms with Gasteiger partial charge in [0.05, 0.1) is 11.7 Å². The van der Waals surface area contributed by atoms with Crippen LogP contribution in [0.3, 0.4) is 0 Å². The third-order valence-corrected chi connectivity index (χ3v) is 4.46. The van der Waals surface area contributed by atoms with Gasteiger partial charge >= 0.3 is 0 Å². The number of nitrogens with two attached hydrogens (primary N) is 1. The van der Waals surface area contributed by atoms with Crippen molar-refractivity contribution >= 4 is 15.9 Å². The molecule has 0 saturated heterocycles. The van der Waals surface area contributed by atoms with Crippen LogP contribution in [0.15, 0.2) is 0 Å². The summed E-state index contributed by atoms with van der Waals surface area (Å²) in [7, 11) is -0.320. The lowest BCUT2D eigenvalue weighted by atomic mass is 9.96. The normalized spacial score (nSPS) is 13.9. The molecule has 0 aromatic heterocycles. The lowest BCUT2D eigenvalue weighted by Crippen LogP contribution is -2.39. The minimum absolute atomic E-state index is 0.0925. The Labute approximate surface area is 110 Å². The van der Waals surface area contributed by atoms with E-state index >= 15 is 0 Å². The molecule has 7 heteroatoms. The van der Waals surface area contributed by atoms with E-state index in [1.54, 1.807) is 0 Å². The van der Waals surface area contributed by atoms with Crippen molar-refractivity contribution in [2.45, 2.75) is 20.3 Å². The lowest BCUT2D eigenvalue weighted by molar-refractivity contribution is -0.125. The molecule has 1 unspecified atom stereocenters. The molecule has 3 N–H and O–H groups in total. The fourth-order valence-electron chi connectivity index (χ4n) is 1.51. The first-order valence-electron chi connectivity index (χ1n) is 6.08. The summed E-state index contributed by atoms with van der Waals surface area (Å²) in [5.74, 6) is -0.118. The molecule has 0 radical (unpaired) electrons. The van der Waals surface area contributed by atoms with Crippen LogP contribution in [0.1, 0.15) is 20.3 Å². The van der Waals surface area contributed by atoms with Crippen molar-refractivity contribution < 1.29 is 13.2 Å². The summed E-state index contributed by atoms with van der Waals surface area (Å²) in [5, 5.41) is 2.63. The molecule has 0 aromatic rings. The maximum absolute atomic E-state index is 11.8. The summed E-state index contributed by atoms with van der Waals surface area (Å²) in [6.45, 7) is 4.44. The number of hydrogen-bond acceptors (Lipinski definition) is 4. The minimum Gasteiger partial charge on any atom is -0.355 e. The molecule has 0 rings (SSSR count). The van der Waals surface area contributed by atoms with Crippen LogP contribution in [0.2, 0.25) is 0 Å². The number of nitrogens with one attached hydrogen (secondary N) is 1. The summed E-state index contributed by atoms with van der Waals surface area (Å²) in [6.07, 6.45) is 0.711. The predicted molar refractivity (Wildman–Crippen MR) is 72.5 cm³/mol. The quantitative estimate of drug-likeness (QED) is 0.633. The van der Waals surface area contributed by atoms with Crippen LogP contribution in [0.5, 0.6) is 0 Å². The molecule has 0 aliphatic carbocycles. The van der Waals surface area contributed by atoms with Crippen molar-refractivity contribution in [1.82, 2.24) is 9.62 Å². The van der Waals surface area contributed by atoms with E-state index in [1.165, 1.54) is 14.1 Å². The van der Waals surface area contributed by atoms with E-state index in [4.69, 9.17) is 5.73 Å². The average molecular weight is 279 g/mol. The van der Waals surface area contributed by atoms with Crippen LogP contribution in [0, 0.1) is 11.8 Å². The largest absolute Gasteiger partial charge is 0.355 e. The van der Waals surface area contributed by atoms with Crippen LogP contribution >= 0.6 is 0 Å². The van der Waals surface area contributed by atoms with Crippen molar-refractivity contribution in [2.75, 3.05) is 32.9 Å². The third-order valence-electron chi connectivity index (χ3n) is 2.63. The minimum atomic E-state index is -3.26. The second kappa shape index (κ2) is 7.70. The van der Waals surface area contributed by atoms with E-state index in [1.807, 2.05) is 13.8 Å². The zero-order chi connectivity index (χ0) is 14.3. The first kappa shape index (κ1) is 17.3. The van der Waals surface area contributed by atoms with Gasteiger partial charge in [0.1, 0.15) is 0 Å². The van der Waals surface area contributed by atoms with Crippen molar-refractivity contribution in [3.05, 3.63) is 0 Å². The molecule has 1 atom stereocenters.